The number of H-pyrrole nitrogens is 1. The number of aromatic amines is 1. The van der Waals surface area contributed by atoms with Gasteiger partial charge in [-0.05, 0) is 37.6 Å². The Kier molecular flexibility index (Phi) is 8.08. The molecule has 0 radical (unpaired) electrons. The van der Waals surface area contributed by atoms with Crippen LogP contribution < -0.4 is 26.5 Å². The molecule has 0 unspecified atom stereocenters. The van der Waals surface area contributed by atoms with E-state index in [1.165, 1.54) is 0 Å². The third-order valence-corrected chi connectivity index (χ3v) is 5.06. The smallest absolute Gasteiger partial charge is 0.277 e. The number of ether oxygens (including phenoxy) is 1. The van der Waals surface area contributed by atoms with E-state index in [0.29, 0.717) is 30.8 Å². The molecule has 0 aliphatic rings. The molecule has 4 N–H and O–H groups in total. The fourth-order valence-electron chi connectivity index (χ4n) is 2.45. The zero-order valence-corrected chi connectivity index (χ0v) is 17.0. The number of nitrogens with two attached hydrogens (primary N) is 1. The molecule has 2 rings (SSSR count). The van der Waals surface area contributed by atoms with Crippen molar-refractivity contribution in [3.8, 4) is 5.75 Å². The van der Waals surface area contributed by atoms with Crippen LogP contribution in [0.3, 0.4) is 0 Å². The highest BCUT2D eigenvalue weighted by Gasteiger charge is 2.17. The summed E-state index contributed by atoms with van der Waals surface area (Å²) in [5.41, 5.74) is 5.25. The van der Waals surface area contributed by atoms with Gasteiger partial charge in [-0.25, -0.2) is 4.98 Å². The lowest BCUT2D eigenvalue weighted by molar-refractivity contribution is -0.304. The number of nitrogen functional groups attached to an aromatic ring is 1. The summed E-state index contributed by atoms with van der Waals surface area (Å²) < 4.78 is 5.32. The topological polar surface area (TPSA) is 150 Å². The predicted octanol–water partition coefficient (Wildman–Crippen LogP) is 1.40. The largest absolute Gasteiger partial charge is 0.549 e. The first kappa shape index (κ1) is 22.3. The minimum Gasteiger partial charge on any atom is -0.549 e. The first-order valence-electron chi connectivity index (χ1n) is 9.17. The van der Waals surface area contributed by atoms with Crippen LogP contribution in [-0.4, -0.2) is 33.7 Å². The molecule has 1 atom stereocenters. The molecule has 1 aromatic heterocycles. The highest BCUT2D eigenvalue weighted by molar-refractivity contribution is 8.00. The van der Waals surface area contributed by atoms with Gasteiger partial charge in [-0.3, -0.25) is 14.6 Å². The highest BCUT2D eigenvalue weighted by Crippen LogP contribution is 2.25. The molecule has 10 heteroatoms. The van der Waals surface area contributed by atoms with Crippen LogP contribution in [0, 0.1) is 0 Å². The van der Waals surface area contributed by atoms with Crippen molar-refractivity contribution in [3.05, 3.63) is 40.2 Å². The number of nitrogens with zero attached hydrogens (tertiary/aromatic N) is 1. The van der Waals surface area contributed by atoms with E-state index in [0.717, 1.165) is 18.2 Å². The van der Waals surface area contributed by atoms with E-state index in [-0.39, 0.29) is 16.7 Å². The van der Waals surface area contributed by atoms with Gasteiger partial charge in [0.25, 0.3) is 11.5 Å². The van der Waals surface area contributed by atoms with Crippen molar-refractivity contribution in [2.75, 3.05) is 17.7 Å². The average Bonchev–Trinajstić information content (AvgIpc) is 2.68. The van der Waals surface area contributed by atoms with Gasteiger partial charge in [0.05, 0.1) is 17.8 Å². The molecule has 0 aliphatic heterocycles. The Bertz CT molecular complexity index is 914. The first-order chi connectivity index (χ1) is 13.8. The van der Waals surface area contributed by atoms with E-state index in [1.54, 1.807) is 24.3 Å². The molecule has 1 amide bonds. The van der Waals surface area contributed by atoms with Crippen LogP contribution in [-0.2, 0) is 4.79 Å². The third kappa shape index (κ3) is 6.24. The van der Waals surface area contributed by atoms with Crippen molar-refractivity contribution >= 4 is 35.1 Å². The number of aliphatic carboxylic acids is 1. The van der Waals surface area contributed by atoms with Crippen LogP contribution in [0.15, 0.2) is 34.2 Å². The Balaban J connectivity index is 2.15. The fraction of sp³-hybridized carbons (Fsp3) is 0.368. The second-order valence-electron chi connectivity index (χ2n) is 6.11. The SMILES string of the molecule is CCCC[C@@H](Sc1nc(N)c(NC(=O)c2ccc(OCC)cc2)c(=O)[nH]1)C(=O)[O-]. The number of carboxylic acids is 1. The number of hydrogen-bond acceptors (Lipinski definition) is 8. The maximum absolute atomic E-state index is 12.4. The molecular weight excluding hydrogens is 396 g/mol. The summed E-state index contributed by atoms with van der Waals surface area (Å²) in [4.78, 5) is 42.4. The summed E-state index contributed by atoms with van der Waals surface area (Å²) >= 11 is 0.860. The zero-order valence-electron chi connectivity index (χ0n) is 16.2. The minimum atomic E-state index is -1.24. The Morgan fingerprint density at radius 3 is 2.55 bits per heavy atom. The number of carbonyl (C=O) groups is 2. The van der Waals surface area contributed by atoms with Gasteiger partial charge in [0.1, 0.15) is 11.4 Å². The monoisotopic (exact) mass is 419 g/mol. The standard InChI is InChI=1S/C19H24N4O5S/c1-3-5-6-13(18(26)27)29-19-22-15(20)14(17(25)23-19)21-16(24)11-7-9-12(10-8-11)28-4-2/h7-10,13H,3-6H2,1-2H3,(H,21,24)(H,26,27)(H3,20,22,23,25)/p-1/t13-/m1/s1. The predicted molar refractivity (Wildman–Crippen MR) is 109 cm³/mol. The second-order valence-corrected chi connectivity index (χ2v) is 7.30. The van der Waals surface area contributed by atoms with E-state index in [4.69, 9.17) is 10.5 Å². The fourth-order valence-corrected chi connectivity index (χ4v) is 3.40. The molecule has 1 heterocycles. The molecular formula is C19H23N4O5S-. The van der Waals surface area contributed by atoms with Crippen LogP contribution in [0.2, 0.25) is 0 Å². The van der Waals surface area contributed by atoms with Crippen molar-refractivity contribution in [1.82, 2.24) is 9.97 Å². The number of unbranched alkanes of at least 4 members (excludes halogenated alkanes) is 1. The Labute approximate surface area is 172 Å². The summed E-state index contributed by atoms with van der Waals surface area (Å²) in [5.74, 6) is -1.36. The lowest BCUT2D eigenvalue weighted by Gasteiger charge is -2.17. The first-order valence-corrected chi connectivity index (χ1v) is 10.0. The summed E-state index contributed by atoms with van der Waals surface area (Å²) in [5, 5.41) is 12.9. The summed E-state index contributed by atoms with van der Waals surface area (Å²) in [6.45, 7) is 4.30. The van der Waals surface area contributed by atoms with Gasteiger partial charge in [0.15, 0.2) is 11.0 Å². The summed E-state index contributed by atoms with van der Waals surface area (Å²) in [6, 6.07) is 6.39. The van der Waals surface area contributed by atoms with Crippen LogP contribution in [0.1, 0.15) is 43.5 Å². The summed E-state index contributed by atoms with van der Waals surface area (Å²) in [6.07, 6.45) is 1.90. The molecule has 0 saturated carbocycles. The number of benzene rings is 1. The number of nitrogens with one attached hydrogen (secondary N) is 2. The van der Waals surface area contributed by atoms with Gasteiger partial charge in [0.2, 0.25) is 0 Å². The van der Waals surface area contributed by atoms with Crippen LogP contribution in [0.5, 0.6) is 5.75 Å². The molecule has 0 fully saturated rings. The number of carboxylic acid groups (broad SMARTS) is 1. The van der Waals surface area contributed by atoms with E-state index < -0.39 is 22.7 Å². The molecule has 29 heavy (non-hydrogen) atoms. The van der Waals surface area contributed by atoms with Gasteiger partial charge in [0, 0.05) is 5.56 Å². The van der Waals surface area contributed by atoms with E-state index in [9.17, 15) is 19.5 Å². The van der Waals surface area contributed by atoms with Gasteiger partial charge in [-0.1, -0.05) is 31.5 Å². The average molecular weight is 419 g/mol. The Morgan fingerprint density at radius 1 is 1.31 bits per heavy atom. The Morgan fingerprint density at radius 2 is 2.00 bits per heavy atom. The van der Waals surface area contributed by atoms with E-state index in [1.807, 2.05) is 13.8 Å². The minimum absolute atomic E-state index is 0.0527. The molecule has 0 aliphatic carbocycles. The molecule has 0 saturated heterocycles. The lowest BCUT2D eigenvalue weighted by atomic mass is 10.2. The van der Waals surface area contributed by atoms with Gasteiger partial charge < -0.3 is 25.7 Å². The maximum atomic E-state index is 12.4. The van der Waals surface area contributed by atoms with Crippen molar-refractivity contribution in [3.63, 3.8) is 0 Å². The van der Waals surface area contributed by atoms with Crippen molar-refractivity contribution in [2.45, 2.75) is 43.5 Å². The zero-order chi connectivity index (χ0) is 21.4. The molecule has 0 bridgehead atoms. The number of rotatable bonds is 10. The molecule has 156 valence electrons. The van der Waals surface area contributed by atoms with E-state index >= 15 is 0 Å². The molecule has 9 nitrogen and oxygen atoms in total. The van der Waals surface area contributed by atoms with Gasteiger partial charge in [-0.15, -0.1) is 0 Å². The lowest BCUT2D eigenvalue weighted by Crippen LogP contribution is -2.34. The Hall–Kier alpha value is -3.01. The number of carbonyl (C=O) groups excluding carboxylic acids is 2. The van der Waals surface area contributed by atoms with Gasteiger partial charge in [-0.2, -0.15) is 0 Å². The third-order valence-electron chi connectivity index (χ3n) is 3.93. The normalized spacial score (nSPS) is 11.7. The summed E-state index contributed by atoms with van der Waals surface area (Å²) in [7, 11) is 0. The van der Waals surface area contributed by atoms with Crippen LogP contribution >= 0.6 is 11.8 Å². The van der Waals surface area contributed by atoms with Crippen molar-refractivity contribution in [1.29, 1.82) is 0 Å². The quantitative estimate of drug-likeness (QED) is 0.386. The van der Waals surface area contributed by atoms with Crippen molar-refractivity contribution < 1.29 is 19.4 Å². The van der Waals surface area contributed by atoms with Crippen LogP contribution in [0.4, 0.5) is 11.5 Å². The number of amides is 1. The molecule has 1 aromatic carbocycles. The van der Waals surface area contributed by atoms with Gasteiger partial charge >= 0.3 is 0 Å². The molecule has 0 spiro atoms. The highest BCUT2D eigenvalue weighted by atomic mass is 32.2. The van der Waals surface area contributed by atoms with Crippen LogP contribution in [0.25, 0.3) is 0 Å². The van der Waals surface area contributed by atoms with E-state index in [2.05, 4.69) is 15.3 Å². The number of hydrogen-bond donors (Lipinski definition) is 3. The molecule has 2 aromatic rings. The second kappa shape index (κ2) is 10.5. The van der Waals surface area contributed by atoms with Crippen molar-refractivity contribution in [2.24, 2.45) is 0 Å². The number of aromatic nitrogens is 2. The number of thioether (sulfide) groups is 1. The number of anilines is 2. The maximum Gasteiger partial charge on any atom is 0.277 e.